The quantitative estimate of drug-likeness (QED) is 0.758. The maximum absolute atomic E-state index is 11.9. The van der Waals surface area contributed by atoms with Gasteiger partial charge in [0.05, 0.1) is 11.1 Å². The standard InChI is InChI=1S/C14H14O4/c1-14(2,3)18-13(17)11-7-5-8-9(11)4-6-10(8)12(15)16/h4-7H,1-3H3,(H,15,16). The fourth-order valence-corrected chi connectivity index (χ4v) is 1.86. The second-order valence-corrected chi connectivity index (χ2v) is 5.13. The third-order valence-electron chi connectivity index (χ3n) is 2.55. The molecule has 0 fully saturated rings. The maximum Gasteiger partial charge on any atom is 0.339 e. The van der Waals surface area contributed by atoms with Crippen molar-refractivity contribution < 1.29 is 19.4 Å². The Labute approximate surface area is 105 Å². The van der Waals surface area contributed by atoms with Gasteiger partial charge in [0.25, 0.3) is 0 Å². The molecule has 0 radical (unpaired) electrons. The smallest absolute Gasteiger partial charge is 0.339 e. The number of esters is 1. The molecule has 2 aliphatic rings. The van der Waals surface area contributed by atoms with E-state index in [-0.39, 0.29) is 5.57 Å². The van der Waals surface area contributed by atoms with Crippen molar-refractivity contribution in [3.8, 4) is 0 Å². The van der Waals surface area contributed by atoms with Crippen molar-refractivity contribution in [1.29, 1.82) is 0 Å². The van der Waals surface area contributed by atoms with Crippen LogP contribution in [0.25, 0.3) is 0 Å². The normalized spacial score (nSPS) is 17.5. The number of allylic oxidation sites excluding steroid dienone is 4. The Bertz CT molecular complexity index is 551. The molecule has 0 heterocycles. The molecule has 0 saturated heterocycles. The van der Waals surface area contributed by atoms with Crippen LogP contribution in [0.15, 0.2) is 46.6 Å². The van der Waals surface area contributed by atoms with Crippen LogP contribution < -0.4 is 0 Å². The minimum atomic E-state index is -0.994. The Morgan fingerprint density at radius 1 is 1.00 bits per heavy atom. The van der Waals surface area contributed by atoms with Crippen molar-refractivity contribution in [2.24, 2.45) is 0 Å². The van der Waals surface area contributed by atoms with Crippen LogP contribution >= 0.6 is 0 Å². The molecule has 0 bridgehead atoms. The SMILES string of the molecule is CC(C)(C)OC(=O)C1=C2C=CC(C(=O)O)=C2C=C1. The molecule has 4 heteroatoms. The summed E-state index contributed by atoms with van der Waals surface area (Å²) >= 11 is 0. The first kappa shape index (κ1) is 12.4. The molecule has 4 nitrogen and oxygen atoms in total. The zero-order chi connectivity index (χ0) is 13.5. The van der Waals surface area contributed by atoms with E-state index in [9.17, 15) is 9.59 Å². The molecule has 0 aromatic carbocycles. The molecule has 0 saturated carbocycles. The summed E-state index contributed by atoms with van der Waals surface area (Å²) in [5.41, 5.74) is 1.25. The number of carbonyl (C=O) groups excluding carboxylic acids is 1. The zero-order valence-electron chi connectivity index (χ0n) is 10.5. The molecule has 1 N–H and O–H groups in total. The largest absolute Gasteiger partial charge is 0.478 e. The number of aliphatic carboxylic acids is 1. The number of carbonyl (C=O) groups is 2. The summed E-state index contributed by atoms with van der Waals surface area (Å²) in [5.74, 6) is -1.42. The minimum absolute atomic E-state index is 0.208. The van der Waals surface area contributed by atoms with E-state index in [2.05, 4.69) is 0 Å². The van der Waals surface area contributed by atoms with Gasteiger partial charge in [-0.25, -0.2) is 9.59 Å². The Balaban J connectivity index is 2.34. The van der Waals surface area contributed by atoms with Gasteiger partial charge in [0.1, 0.15) is 5.60 Å². The highest BCUT2D eigenvalue weighted by Crippen LogP contribution is 2.35. The lowest BCUT2D eigenvalue weighted by atomic mass is 10.1. The van der Waals surface area contributed by atoms with E-state index in [1.54, 1.807) is 39.0 Å². The van der Waals surface area contributed by atoms with Gasteiger partial charge in [0.15, 0.2) is 0 Å². The van der Waals surface area contributed by atoms with Crippen molar-refractivity contribution >= 4 is 11.9 Å². The average molecular weight is 246 g/mol. The number of hydrogen-bond donors (Lipinski definition) is 1. The van der Waals surface area contributed by atoms with Crippen LogP contribution in [0.2, 0.25) is 0 Å². The number of hydrogen-bond acceptors (Lipinski definition) is 3. The highest BCUT2D eigenvalue weighted by molar-refractivity contribution is 6.02. The highest BCUT2D eigenvalue weighted by Gasteiger charge is 2.28. The summed E-state index contributed by atoms with van der Waals surface area (Å²) in [6.07, 6.45) is 6.38. The van der Waals surface area contributed by atoms with E-state index in [0.717, 1.165) is 0 Å². The third-order valence-corrected chi connectivity index (χ3v) is 2.55. The molecular weight excluding hydrogens is 232 g/mol. The van der Waals surface area contributed by atoms with E-state index in [1.807, 2.05) is 0 Å². The van der Waals surface area contributed by atoms with Crippen molar-refractivity contribution in [3.05, 3.63) is 46.6 Å². The van der Waals surface area contributed by atoms with Gasteiger partial charge in [0, 0.05) is 0 Å². The molecule has 0 atom stereocenters. The number of ether oxygens (including phenoxy) is 1. The van der Waals surface area contributed by atoms with Crippen molar-refractivity contribution in [2.45, 2.75) is 26.4 Å². The van der Waals surface area contributed by atoms with E-state index >= 15 is 0 Å². The molecule has 2 rings (SSSR count). The Kier molecular flexibility index (Phi) is 2.73. The van der Waals surface area contributed by atoms with Gasteiger partial charge in [-0.3, -0.25) is 0 Å². The lowest BCUT2D eigenvalue weighted by molar-refractivity contribution is -0.149. The number of rotatable bonds is 2. The van der Waals surface area contributed by atoms with E-state index in [4.69, 9.17) is 9.84 Å². The first-order valence-electron chi connectivity index (χ1n) is 5.61. The van der Waals surface area contributed by atoms with Crippen LogP contribution in [-0.4, -0.2) is 22.6 Å². The molecule has 0 spiro atoms. The number of carboxylic acids is 1. The van der Waals surface area contributed by atoms with Crippen LogP contribution in [0.3, 0.4) is 0 Å². The molecule has 2 aliphatic carbocycles. The topological polar surface area (TPSA) is 63.6 Å². The van der Waals surface area contributed by atoms with Gasteiger partial charge >= 0.3 is 11.9 Å². The van der Waals surface area contributed by atoms with E-state index in [0.29, 0.717) is 16.7 Å². The summed E-state index contributed by atoms with van der Waals surface area (Å²) in [5, 5.41) is 8.99. The zero-order valence-corrected chi connectivity index (χ0v) is 10.5. The molecule has 0 unspecified atom stereocenters. The molecule has 0 aromatic rings. The van der Waals surface area contributed by atoms with E-state index < -0.39 is 17.5 Å². The summed E-state index contributed by atoms with van der Waals surface area (Å²) < 4.78 is 5.27. The van der Waals surface area contributed by atoms with E-state index in [1.165, 1.54) is 6.08 Å². The molecule has 0 aromatic heterocycles. The summed E-state index contributed by atoms with van der Waals surface area (Å²) in [6, 6.07) is 0. The molecule has 18 heavy (non-hydrogen) atoms. The van der Waals surface area contributed by atoms with Crippen molar-refractivity contribution in [1.82, 2.24) is 0 Å². The Morgan fingerprint density at radius 3 is 2.00 bits per heavy atom. The van der Waals surface area contributed by atoms with Gasteiger partial charge in [-0.2, -0.15) is 0 Å². The molecular formula is C14H14O4. The summed E-state index contributed by atoms with van der Waals surface area (Å²) in [4.78, 5) is 22.9. The summed E-state index contributed by atoms with van der Waals surface area (Å²) in [7, 11) is 0. The van der Waals surface area contributed by atoms with Gasteiger partial charge in [-0.15, -0.1) is 0 Å². The van der Waals surface area contributed by atoms with Crippen LogP contribution in [0.4, 0.5) is 0 Å². The predicted molar refractivity (Wildman–Crippen MR) is 65.8 cm³/mol. The van der Waals surface area contributed by atoms with Gasteiger partial charge < -0.3 is 9.84 Å². The monoisotopic (exact) mass is 246 g/mol. The second-order valence-electron chi connectivity index (χ2n) is 5.13. The average Bonchev–Trinajstić information content (AvgIpc) is 2.71. The first-order valence-corrected chi connectivity index (χ1v) is 5.61. The van der Waals surface area contributed by atoms with Gasteiger partial charge in [-0.05, 0) is 44.1 Å². The fourth-order valence-electron chi connectivity index (χ4n) is 1.86. The van der Waals surface area contributed by atoms with Crippen LogP contribution in [0, 0.1) is 0 Å². The third kappa shape index (κ3) is 2.14. The second kappa shape index (κ2) is 3.98. The first-order chi connectivity index (χ1) is 8.29. The van der Waals surface area contributed by atoms with Crippen molar-refractivity contribution in [2.75, 3.05) is 0 Å². The predicted octanol–water partition coefficient (Wildman–Crippen LogP) is 2.15. The minimum Gasteiger partial charge on any atom is -0.478 e. The lowest BCUT2D eigenvalue weighted by Gasteiger charge is -2.19. The maximum atomic E-state index is 11.9. The Hall–Kier alpha value is -2.10. The van der Waals surface area contributed by atoms with Crippen molar-refractivity contribution in [3.63, 3.8) is 0 Å². The molecule has 0 amide bonds. The summed E-state index contributed by atoms with van der Waals surface area (Å²) in [6.45, 7) is 5.37. The number of fused-ring (bicyclic) bond motifs is 1. The van der Waals surface area contributed by atoms with Crippen LogP contribution in [-0.2, 0) is 14.3 Å². The number of carboxylic acid groups (broad SMARTS) is 1. The molecule has 0 aliphatic heterocycles. The Morgan fingerprint density at radius 2 is 1.50 bits per heavy atom. The van der Waals surface area contributed by atoms with Gasteiger partial charge in [0.2, 0.25) is 0 Å². The fraction of sp³-hybridized carbons (Fsp3) is 0.286. The van der Waals surface area contributed by atoms with Gasteiger partial charge in [-0.1, -0.05) is 12.2 Å². The molecule has 94 valence electrons. The van der Waals surface area contributed by atoms with Crippen LogP contribution in [0.5, 0.6) is 0 Å². The van der Waals surface area contributed by atoms with Crippen LogP contribution in [0.1, 0.15) is 20.8 Å². The highest BCUT2D eigenvalue weighted by atomic mass is 16.6. The lowest BCUT2D eigenvalue weighted by Crippen LogP contribution is -2.24.